The second kappa shape index (κ2) is 7.17. The monoisotopic (exact) mass is 338 g/mol. The normalized spacial score (nSPS) is 10.8. The van der Waals surface area contributed by atoms with Crippen molar-refractivity contribution in [1.82, 2.24) is 9.97 Å². The van der Waals surface area contributed by atoms with Gasteiger partial charge >= 0.3 is 5.97 Å². The minimum Gasteiger partial charge on any atom is -0.482 e. The van der Waals surface area contributed by atoms with E-state index in [1.165, 1.54) is 0 Å². The van der Waals surface area contributed by atoms with E-state index in [4.69, 9.17) is 9.47 Å². The van der Waals surface area contributed by atoms with Gasteiger partial charge in [0.05, 0.1) is 17.0 Å². The number of hydrogen-bond acceptors (Lipinski definition) is 5. The van der Waals surface area contributed by atoms with Crippen LogP contribution in [0.5, 0.6) is 5.75 Å². The van der Waals surface area contributed by atoms with Crippen molar-refractivity contribution in [2.75, 3.05) is 6.61 Å². The first-order valence-electron chi connectivity index (χ1n) is 7.95. The lowest BCUT2D eigenvalue weighted by molar-refractivity contribution is -0.149. The third-order valence-electron chi connectivity index (χ3n) is 3.46. The molecule has 0 amide bonds. The quantitative estimate of drug-likeness (QED) is 0.724. The van der Waals surface area contributed by atoms with Crippen LogP contribution in [-0.2, 0) is 9.53 Å². The molecule has 0 unspecified atom stereocenters. The number of carbonyl (C=O) groups is 1. The molecule has 0 saturated heterocycles. The van der Waals surface area contributed by atoms with E-state index in [0.717, 1.165) is 5.56 Å². The summed E-state index contributed by atoms with van der Waals surface area (Å²) in [5.74, 6) is 0.599. The fraction of sp³-hybridized carbons (Fsp3) is 0.211. The van der Waals surface area contributed by atoms with Crippen LogP contribution in [0.25, 0.3) is 22.3 Å². The molecule has 0 aliphatic heterocycles. The number of esters is 1. The largest absolute Gasteiger partial charge is 0.482 e. The van der Waals surface area contributed by atoms with Crippen molar-refractivity contribution in [2.24, 2.45) is 0 Å². The maximum Gasteiger partial charge on any atom is 0.344 e. The van der Waals surface area contributed by atoms with Crippen LogP contribution in [0.1, 0.15) is 13.8 Å². The molecule has 0 spiro atoms. The van der Waals surface area contributed by atoms with E-state index < -0.39 is 5.97 Å². The molecule has 0 atom stereocenters. The Morgan fingerprint density at radius 2 is 1.84 bits per heavy atom. The third kappa shape index (κ3) is 4.03. The molecule has 25 heavy (non-hydrogen) atoms. The third-order valence-corrected chi connectivity index (χ3v) is 3.46. The zero-order chi connectivity index (χ0) is 17.8. The number of nitrogens with zero attached hydrogens (tertiary/aromatic N) is 1. The van der Waals surface area contributed by atoms with Gasteiger partial charge in [0.2, 0.25) is 0 Å². The summed E-state index contributed by atoms with van der Waals surface area (Å²) in [4.78, 5) is 30.9. The van der Waals surface area contributed by atoms with Crippen LogP contribution < -0.4 is 10.3 Å². The number of para-hydroxylation sites is 1. The Kier molecular flexibility index (Phi) is 4.79. The highest BCUT2D eigenvalue weighted by Crippen LogP contribution is 2.20. The molecule has 3 aromatic rings. The summed E-state index contributed by atoms with van der Waals surface area (Å²) >= 11 is 0. The Bertz CT molecular complexity index is 946. The molecular formula is C19H18N2O4. The molecule has 3 rings (SSSR count). The van der Waals surface area contributed by atoms with Crippen molar-refractivity contribution in [3.63, 3.8) is 0 Å². The second-order valence-corrected chi connectivity index (χ2v) is 5.78. The van der Waals surface area contributed by atoms with Gasteiger partial charge in [-0.2, -0.15) is 0 Å². The van der Waals surface area contributed by atoms with Crippen LogP contribution in [0.2, 0.25) is 0 Å². The summed E-state index contributed by atoms with van der Waals surface area (Å²) in [6, 6.07) is 14.2. The fourth-order valence-corrected chi connectivity index (χ4v) is 2.37. The zero-order valence-electron chi connectivity index (χ0n) is 14.0. The van der Waals surface area contributed by atoms with Crippen molar-refractivity contribution >= 4 is 16.9 Å². The number of benzene rings is 2. The molecule has 0 radical (unpaired) electrons. The lowest BCUT2D eigenvalue weighted by Crippen LogP contribution is -2.18. The number of rotatable bonds is 5. The molecule has 6 nitrogen and oxygen atoms in total. The topological polar surface area (TPSA) is 81.3 Å². The molecule has 128 valence electrons. The van der Waals surface area contributed by atoms with Crippen molar-refractivity contribution in [1.29, 1.82) is 0 Å². The first-order chi connectivity index (χ1) is 12.0. The molecule has 1 aromatic heterocycles. The van der Waals surface area contributed by atoms with Gasteiger partial charge in [0, 0.05) is 5.56 Å². The standard InChI is InChI=1S/C19H18N2O4/c1-12(2)25-17(22)11-24-14-9-7-13(8-10-14)18-20-16-6-4-3-5-15(16)19(23)21-18/h3-10,12H,11H2,1-2H3,(H,20,21,23). The van der Waals surface area contributed by atoms with E-state index in [9.17, 15) is 9.59 Å². The van der Waals surface area contributed by atoms with E-state index >= 15 is 0 Å². The van der Waals surface area contributed by atoms with Gasteiger partial charge in [-0.15, -0.1) is 0 Å². The molecule has 0 bridgehead atoms. The molecule has 2 aromatic carbocycles. The van der Waals surface area contributed by atoms with E-state index in [2.05, 4.69) is 9.97 Å². The average molecular weight is 338 g/mol. The van der Waals surface area contributed by atoms with Crippen LogP contribution in [-0.4, -0.2) is 28.6 Å². The fourth-order valence-electron chi connectivity index (χ4n) is 2.37. The number of aromatic nitrogens is 2. The maximum atomic E-state index is 12.1. The van der Waals surface area contributed by atoms with Crippen LogP contribution in [0.15, 0.2) is 53.3 Å². The van der Waals surface area contributed by atoms with Gasteiger partial charge in [0.25, 0.3) is 5.56 Å². The first kappa shape index (κ1) is 16.7. The Labute approximate surface area is 144 Å². The van der Waals surface area contributed by atoms with Gasteiger partial charge in [-0.05, 0) is 50.2 Å². The molecule has 6 heteroatoms. The minimum absolute atomic E-state index is 0.150. The molecule has 0 aliphatic rings. The molecule has 0 fully saturated rings. The van der Waals surface area contributed by atoms with Gasteiger partial charge < -0.3 is 14.5 Å². The van der Waals surface area contributed by atoms with Gasteiger partial charge in [-0.25, -0.2) is 9.78 Å². The molecule has 0 aliphatic carbocycles. The zero-order valence-corrected chi connectivity index (χ0v) is 14.0. The van der Waals surface area contributed by atoms with Crippen molar-refractivity contribution in [3.8, 4) is 17.1 Å². The summed E-state index contributed by atoms with van der Waals surface area (Å²) in [6.07, 6.45) is -0.172. The van der Waals surface area contributed by atoms with Crippen LogP contribution >= 0.6 is 0 Å². The number of fused-ring (bicyclic) bond motifs is 1. The Morgan fingerprint density at radius 3 is 2.56 bits per heavy atom. The number of aromatic amines is 1. The summed E-state index contributed by atoms with van der Waals surface area (Å²) in [5.41, 5.74) is 1.20. The van der Waals surface area contributed by atoms with Crippen molar-refractivity contribution in [2.45, 2.75) is 20.0 Å². The highest BCUT2D eigenvalue weighted by Gasteiger charge is 2.08. The van der Waals surface area contributed by atoms with Crippen molar-refractivity contribution < 1.29 is 14.3 Å². The van der Waals surface area contributed by atoms with Crippen LogP contribution in [0, 0.1) is 0 Å². The number of carbonyl (C=O) groups excluding carboxylic acids is 1. The summed E-state index contributed by atoms with van der Waals surface area (Å²) < 4.78 is 10.4. The Balaban J connectivity index is 1.76. The molecular weight excluding hydrogens is 320 g/mol. The number of hydrogen-bond donors (Lipinski definition) is 1. The predicted molar refractivity (Wildman–Crippen MR) is 94.5 cm³/mol. The van der Waals surface area contributed by atoms with Gasteiger partial charge in [-0.1, -0.05) is 12.1 Å². The minimum atomic E-state index is -0.417. The summed E-state index contributed by atoms with van der Waals surface area (Å²) in [5, 5.41) is 0.551. The van der Waals surface area contributed by atoms with E-state index in [1.807, 2.05) is 6.07 Å². The molecule has 1 heterocycles. The molecule has 0 saturated carbocycles. The Hall–Kier alpha value is -3.15. The summed E-state index contributed by atoms with van der Waals surface area (Å²) in [7, 11) is 0. The lowest BCUT2D eigenvalue weighted by atomic mass is 10.2. The second-order valence-electron chi connectivity index (χ2n) is 5.78. The van der Waals surface area contributed by atoms with E-state index in [0.29, 0.717) is 22.5 Å². The van der Waals surface area contributed by atoms with Gasteiger partial charge in [0.1, 0.15) is 11.6 Å². The number of ether oxygens (including phenoxy) is 2. The van der Waals surface area contributed by atoms with Gasteiger partial charge in [-0.3, -0.25) is 4.79 Å². The Morgan fingerprint density at radius 1 is 1.12 bits per heavy atom. The maximum absolute atomic E-state index is 12.1. The van der Waals surface area contributed by atoms with Gasteiger partial charge in [0.15, 0.2) is 6.61 Å². The smallest absolute Gasteiger partial charge is 0.344 e. The van der Waals surface area contributed by atoms with Crippen LogP contribution in [0.3, 0.4) is 0 Å². The average Bonchev–Trinajstić information content (AvgIpc) is 2.60. The molecule has 1 N–H and O–H groups in total. The lowest BCUT2D eigenvalue weighted by Gasteiger charge is -2.09. The van der Waals surface area contributed by atoms with Crippen molar-refractivity contribution in [3.05, 3.63) is 58.9 Å². The first-order valence-corrected chi connectivity index (χ1v) is 7.95. The van der Waals surface area contributed by atoms with E-state index in [-0.39, 0.29) is 18.3 Å². The number of H-pyrrole nitrogens is 1. The number of nitrogens with one attached hydrogen (secondary N) is 1. The highest BCUT2D eigenvalue weighted by atomic mass is 16.6. The van der Waals surface area contributed by atoms with Crippen LogP contribution in [0.4, 0.5) is 0 Å². The predicted octanol–water partition coefficient (Wildman–Crippen LogP) is 2.92. The summed E-state index contributed by atoms with van der Waals surface area (Å²) in [6.45, 7) is 3.41. The SMILES string of the molecule is CC(C)OC(=O)COc1ccc(-c2nc3ccccc3c(=O)[nH]2)cc1. The van der Waals surface area contributed by atoms with E-state index in [1.54, 1.807) is 56.3 Å². The highest BCUT2D eigenvalue weighted by molar-refractivity contribution is 5.79.